The third-order valence-corrected chi connectivity index (χ3v) is 6.99. The van der Waals surface area contributed by atoms with Gasteiger partial charge in [-0.1, -0.05) is 33.2 Å². The van der Waals surface area contributed by atoms with E-state index in [1.807, 2.05) is 13.0 Å². The molecule has 0 aliphatic heterocycles. The Kier molecular flexibility index (Phi) is 6.39. The van der Waals surface area contributed by atoms with Crippen LogP contribution in [0.3, 0.4) is 0 Å². The number of hydrogen-bond donors (Lipinski definition) is 2. The molecule has 1 atom stereocenters. The zero-order valence-electron chi connectivity index (χ0n) is 16.9. The zero-order chi connectivity index (χ0) is 22.1. The van der Waals surface area contributed by atoms with E-state index in [2.05, 4.69) is 36.1 Å². The standard InChI is InChI=1S/C20H21BrN4O4S/c1-11-5-6-15(19-22-14(4)29-24-19)10-18(11)30(27,28)25-13(3)20(26)23-16-7-8-17(21)12(2)9-16/h5-10,13,25H,1-4H3,(H,23,26)/t13-/m1/s1. The Morgan fingerprint density at radius 2 is 1.83 bits per heavy atom. The molecule has 158 valence electrons. The topological polar surface area (TPSA) is 114 Å². The Bertz CT molecular complexity index is 1210. The van der Waals surface area contributed by atoms with Crippen molar-refractivity contribution in [3.63, 3.8) is 0 Å². The summed E-state index contributed by atoms with van der Waals surface area (Å²) >= 11 is 3.40. The smallest absolute Gasteiger partial charge is 0.242 e. The van der Waals surface area contributed by atoms with Crippen molar-refractivity contribution >= 4 is 37.5 Å². The van der Waals surface area contributed by atoms with E-state index in [1.54, 1.807) is 38.1 Å². The Balaban J connectivity index is 1.79. The molecule has 2 aromatic carbocycles. The van der Waals surface area contributed by atoms with Crippen LogP contribution in [0, 0.1) is 20.8 Å². The number of carbonyl (C=O) groups excluding carboxylic acids is 1. The number of aromatic nitrogens is 2. The number of carbonyl (C=O) groups is 1. The predicted molar refractivity (Wildman–Crippen MR) is 117 cm³/mol. The van der Waals surface area contributed by atoms with Crippen LogP contribution < -0.4 is 10.0 Å². The van der Waals surface area contributed by atoms with E-state index in [0.717, 1.165) is 10.0 Å². The summed E-state index contributed by atoms with van der Waals surface area (Å²) in [5.74, 6) is 0.199. The zero-order valence-corrected chi connectivity index (χ0v) is 19.3. The first-order valence-corrected chi connectivity index (χ1v) is 11.3. The third kappa shape index (κ3) is 4.94. The highest BCUT2D eigenvalue weighted by atomic mass is 79.9. The van der Waals surface area contributed by atoms with E-state index in [4.69, 9.17) is 4.52 Å². The molecule has 0 saturated carbocycles. The van der Waals surface area contributed by atoms with Gasteiger partial charge in [0, 0.05) is 22.6 Å². The molecule has 0 aliphatic rings. The first kappa shape index (κ1) is 22.1. The largest absolute Gasteiger partial charge is 0.339 e. The van der Waals surface area contributed by atoms with Crippen LogP contribution in [0.1, 0.15) is 23.9 Å². The number of amides is 1. The van der Waals surface area contributed by atoms with Crippen LogP contribution in [0.15, 0.2) is 50.3 Å². The molecular weight excluding hydrogens is 472 g/mol. The fourth-order valence-electron chi connectivity index (χ4n) is 2.77. The van der Waals surface area contributed by atoms with Crippen molar-refractivity contribution in [3.05, 3.63) is 57.9 Å². The van der Waals surface area contributed by atoms with Crippen LogP contribution in [0.2, 0.25) is 0 Å². The van der Waals surface area contributed by atoms with Crippen LogP contribution in [-0.2, 0) is 14.8 Å². The highest BCUT2D eigenvalue weighted by Crippen LogP contribution is 2.24. The lowest BCUT2D eigenvalue weighted by molar-refractivity contribution is -0.117. The van der Waals surface area contributed by atoms with Gasteiger partial charge in [-0.15, -0.1) is 0 Å². The van der Waals surface area contributed by atoms with Gasteiger partial charge in [-0.05, 0) is 56.2 Å². The molecule has 0 fully saturated rings. The second kappa shape index (κ2) is 8.66. The molecule has 8 nitrogen and oxygen atoms in total. The maximum atomic E-state index is 12.9. The summed E-state index contributed by atoms with van der Waals surface area (Å²) in [7, 11) is -3.97. The van der Waals surface area contributed by atoms with Crippen molar-refractivity contribution in [1.29, 1.82) is 0 Å². The summed E-state index contributed by atoms with van der Waals surface area (Å²) in [5, 5.41) is 6.54. The predicted octanol–water partition coefficient (Wildman–Crippen LogP) is 3.73. The quantitative estimate of drug-likeness (QED) is 0.541. The van der Waals surface area contributed by atoms with Crippen molar-refractivity contribution < 1.29 is 17.7 Å². The molecule has 3 rings (SSSR count). The van der Waals surface area contributed by atoms with Gasteiger partial charge >= 0.3 is 0 Å². The van der Waals surface area contributed by atoms with Crippen molar-refractivity contribution in [2.45, 2.75) is 38.6 Å². The number of aryl methyl sites for hydroxylation is 3. The molecule has 0 spiro atoms. The lowest BCUT2D eigenvalue weighted by Gasteiger charge is -2.16. The lowest BCUT2D eigenvalue weighted by atomic mass is 10.1. The molecule has 0 radical (unpaired) electrons. The van der Waals surface area contributed by atoms with Crippen LogP contribution in [0.4, 0.5) is 5.69 Å². The molecule has 0 aliphatic carbocycles. The molecule has 3 aromatic rings. The molecule has 30 heavy (non-hydrogen) atoms. The molecule has 2 N–H and O–H groups in total. The van der Waals surface area contributed by atoms with Gasteiger partial charge < -0.3 is 9.84 Å². The molecule has 1 heterocycles. The Hall–Kier alpha value is -2.56. The lowest BCUT2D eigenvalue weighted by Crippen LogP contribution is -2.41. The Morgan fingerprint density at radius 1 is 1.10 bits per heavy atom. The van der Waals surface area contributed by atoms with Gasteiger partial charge in [0.25, 0.3) is 0 Å². The van der Waals surface area contributed by atoms with Gasteiger partial charge in [-0.3, -0.25) is 4.79 Å². The summed E-state index contributed by atoms with van der Waals surface area (Å²) in [6.45, 7) is 6.71. The SMILES string of the molecule is Cc1nc(-c2ccc(C)c(S(=O)(=O)N[C@H](C)C(=O)Nc3ccc(Br)c(C)c3)c2)no1. The fraction of sp³-hybridized carbons (Fsp3) is 0.250. The van der Waals surface area contributed by atoms with E-state index in [0.29, 0.717) is 28.5 Å². The first-order valence-electron chi connectivity index (χ1n) is 9.07. The van der Waals surface area contributed by atoms with Crippen LogP contribution in [0.5, 0.6) is 0 Å². The summed E-state index contributed by atoms with van der Waals surface area (Å²) in [5.41, 5.74) is 2.56. The third-order valence-electron chi connectivity index (χ3n) is 4.41. The van der Waals surface area contributed by atoms with Crippen molar-refractivity contribution in [3.8, 4) is 11.4 Å². The van der Waals surface area contributed by atoms with Crippen molar-refractivity contribution in [2.75, 3.05) is 5.32 Å². The number of nitrogens with one attached hydrogen (secondary N) is 2. The Labute approximate surface area is 183 Å². The van der Waals surface area contributed by atoms with Gasteiger partial charge in [0.1, 0.15) is 0 Å². The molecular formula is C20H21BrN4O4S. The maximum Gasteiger partial charge on any atom is 0.242 e. The van der Waals surface area contributed by atoms with Gasteiger partial charge in [-0.25, -0.2) is 8.42 Å². The second-order valence-corrected chi connectivity index (χ2v) is 9.45. The summed E-state index contributed by atoms with van der Waals surface area (Å²) in [6.07, 6.45) is 0. The van der Waals surface area contributed by atoms with E-state index in [-0.39, 0.29) is 4.90 Å². The number of nitrogens with zero attached hydrogens (tertiary/aromatic N) is 2. The summed E-state index contributed by atoms with van der Waals surface area (Å²) in [4.78, 5) is 16.7. The van der Waals surface area contributed by atoms with Crippen LogP contribution in [-0.4, -0.2) is 30.5 Å². The fourth-order valence-corrected chi connectivity index (χ4v) is 4.49. The van der Waals surface area contributed by atoms with Crippen LogP contribution >= 0.6 is 15.9 Å². The first-order chi connectivity index (χ1) is 14.1. The highest BCUT2D eigenvalue weighted by Gasteiger charge is 2.24. The monoisotopic (exact) mass is 492 g/mol. The molecule has 0 saturated heterocycles. The average molecular weight is 493 g/mol. The van der Waals surface area contributed by atoms with E-state index < -0.39 is 22.0 Å². The van der Waals surface area contributed by atoms with Crippen molar-refractivity contribution in [2.24, 2.45) is 0 Å². The average Bonchev–Trinajstić information content (AvgIpc) is 3.11. The minimum atomic E-state index is -3.97. The number of halogens is 1. The number of sulfonamides is 1. The highest BCUT2D eigenvalue weighted by molar-refractivity contribution is 9.10. The van der Waals surface area contributed by atoms with Gasteiger partial charge in [-0.2, -0.15) is 9.71 Å². The molecule has 10 heteroatoms. The maximum absolute atomic E-state index is 12.9. The Morgan fingerprint density at radius 3 is 2.47 bits per heavy atom. The summed E-state index contributed by atoms with van der Waals surface area (Å²) < 4.78 is 34.2. The molecule has 0 unspecified atom stereocenters. The second-order valence-electron chi connectivity index (χ2n) is 6.91. The minimum Gasteiger partial charge on any atom is -0.339 e. The minimum absolute atomic E-state index is 0.0431. The number of anilines is 1. The van der Waals surface area contributed by atoms with Crippen molar-refractivity contribution in [1.82, 2.24) is 14.9 Å². The summed E-state index contributed by atoms with van der Waals surface area (Å²) in [6, 6.07) is 9.18. The molecule has 1 amide bonds. The van der Waals surface area contributed by atoms with Gasteiger partial charge in [0.15, 0.2) is 0 Å². The van der Waals surface area contributed by atoms with E-state index >= 15 is 0 Å². The van der Waals surface area contributed by atoms with Crippen LogP contribution in [0.25, 0.3) is 11.4 Å². The number of benzene rings is 2. The van der Waals surface area contributed by atoms with E-state index in [9.17, 15) is 13.2 Å². The van der Waals surface area contributed by atoms with Gasteiger partial charge in [0.05, 0.1) is 10.9 Å². The molecule has 0 bridgehead atoms. The van der Waals surface area contributed by atoms with E-state index in [1.165, 1.54) is 13.0 Å². The number of hydrogen-bond acceptors (Lipinski definition) is 6. The molecule has 1 aromatic heterocycles. The van der Waals surface area contributed by atoms with Gasteiger partial charge in [0.2, 0.25) is 27.6 Å². The number of rotatable bonds is 6. The normalized spacial score (nSPS) is 12.6.